The predicted molar refractivity (Wildman–Crippen MR) is 81.6 cm³/mol. The standard InChI is InChI=1S/C15H16FN3O3S/c1-9(21-12-6-2-10(16)3-7-12)14-18-19-15(22-14)23-8-13(20)17-11-4-5-11/h2-3,6-7,9,11H,4-5,8H2,1H3,(H,17,20)/t9-/m0/s1. The van der Waals surface area contributed by atoms with Crippen LogP contribution in [0.15, 0.2) is 33.9 Å². The van der Waals surface area contributed by atoms with Gasteiger partial charge in [0, 0.05) is 6.04 Å². The molecule has 0 radical (unpaired) electrons. The molecule has 23 heavy (non-hydrogen) atoms. The summed E-state index contributed by atoms with van der Waals surface area (Å²) in [6, 6.07) is 6.02. The van der Waals surface area contributed by atoms with Gasteiger partial charge in [0.15, 0.2) is 6.10 Å². The number of rotatable bonds is 7. The zero-order valence-electron chi connectivity index (χ0n) is 12.5. The van der Waals surface area contributed by atoms with Crippen molar-refractivity contribution in [3.63, 3.8) is 0 Å². The summed E-state index contributed by atoms with van der Waals surface area (Å²) in [5.41, 5.74) is 0. The molecule has 1 heterocycles. The monoisotopic (exact) mass is 337 g/mol. The molecule has 1 aliphatic carbocycles. The first-order valence-corrected chi connectivity index (χ1v) is 8.26. The minimum absolute atomic E-state index is 0.0344. The van der Waals surface area contributed by atoms with Gasteiger partial charge in [0.25, 0.3) is 11.1 Å². The molecule has 1 N–H and O–H groups in total. The van der Waals surface area contributed by atoms with Gasteiger partial charge >= 0.3 is 0 Å². The van der Waals surface area contributed by atoms with Crippen LogP contribution in [0, 0.1) is 5.82 Å². The Morgan fingerprint density at radius 2 is 2.17 bits per heavy atom. The Labute approximate surface area is 136 Å². The third-order valence-corrected chi connectivity index (χ3v) is 3.98. The molecular formula is C15H16FN3O3S. The largest absolute Gasteiger partial charge is 0.481 e. The lowest BCUT2D eigenvalue weighted by Gasteiger charge is -2.10. The highest BCUT2D eigenvalue weighted by molar-refractivity contribution is 7.99. The van der Waals surface area contributed by atoms with Crippen molar-refractivity contribution in [1.82, 2.24) is 15.5 Å². The van der Waals surface area contributed by atoms with Gasteiger partial charge in [-0.15, -0.1) is 10.2 Å². The molecule has 122 valence electrons. The first kappa shape index (κ1) is 15.8. The van der Waals surface area contributed by atoms with E-state index in [2.05, 4.69) is 15.5 Å². The van der Waals surface area contributed by atoms with Crippen molar-refractivity contribution in [2.45, 2.75) is 37.1 Å². The van der Waals surface area contributed by atoms with Crippen LogP contribution in [0.2, 0.25) is 0 Å². The minimum atomic E-state index is -0.470. The van der Waals surface area contributed by atoms with E-state index in [9.17, 15) is 9.18 Å². The highest BCUT2D eigenvalue weighted by Gasteiger charge is 2.23. The number of hydrogen-bond acceptors (Lipinski definition) is 6. The zero-order valence-corrected chi connectivity index (χ0v) is 13.3. The molecule has 1 fully saturated rings. The normalized spacial score (nSPS) is 15.2. The van der Waals surface area contributed by atoms with Gasteiger partial charge in [0.05, 0.1) is 5.75 Å². The molecule has 8 heteroatoms. The predicted octanol–water partition coefficient (Wildman–Crippen LogP) is 2.72. The van der Waals surface area contributed by atoms with Crippen LogP contribution in [0.5, 0.6) is 5.75 Å². The number of aromatic nitrogens is 2. The number of carbonyl (C=O) groups is 1. The third-order valence-electron chi connectivity index (χ3n) is 3.17. The van der Waals surface area contributed by atoms with E-state index in [1.54, 1.807) is 6.92 Å². The van der Waals surface area contributed by atoms with Gasteiger partial charge in [-0.25, -0.2) is 4.39 Å². The molecule has 1 aromatic heterocycles. The Balaban J connectivity index is 1.50. The average Bonchev–Trinajstić information content (AvgIpc) is 3.21. The second-order valence-electron chi connectivity index (χ2n) is 5.25. The van der Waals surface area contributed by atoms with Crippen molar-refractivity contribution in [3.05, 3.63) is 36.0 Å². The van der Waals surface area contributed by atoms with Crippen LogP contribution in [-0.4, -0.2) is 27.9 Å². The number of benzene rings is 1. The van der Waals surface area contributed by atoms with Crippen molar-refractivity contribution >= 4 is 17.7 Å². The Hall–Kier alpha value is -2.09. The van der Waals surface area contributed by atoms with Gasteiger partial charge in [-0.05, 0) is 44.0 Å². The fourth-order valence-corrected chi connectivity index (χ4v) is 2.42. The molecule has 1 aliphatic rings. The molecule has 0 spiro atoms. The Kier molecular flexibility index (Phi) is 4.80. The quantitative estimate of drug-likeness (QED) is 0.783. The van der Waals surface area contributed by atoms with E-state index in [4.69, 9.17) is 9.15 Å². The second-order valence-corrected chi connectivity index (χ2v) is 6.18. The van der Waals surface area contributed by atoms with E-state index in [-0.39, 0.29) is 17.5 Å². The fourth-order valence-electron chi connectivity index (χ4n) is 1.83. The van der Waals surface area contributed by atoms with Gasteiger partial charge in [-0.3, -0.25) is 4.79 Å². The van der Waals surface area contributed by atoms with Gasteiger partial charge in [-0.1, -0.05) is 11.8 Å². The maximum Gasteiger partial charge on any atom is 0.277 e. The summed E-state index contributed by atoms with van der Waals surface area (Å²) in [6.45, 7) is 1.76. The van der Waals surface area contributed by atoms with E-state index in [0.717, 1.165) is 12.8 Å². The van der Waals surface area contributed by atoms with Gasteiger partial charge < -0.3 is 14.5 Å². The van der Waals surface area contributed by atoms with Gasteiger partial charge in [-0.2, -0.15) is 0 Å². The van der Waals surface area contributed by atoms with Crippen molar-refractivity contribution < 1.29 is 18.3 Å². The molecule has 0 bridgehead atoms. The second kappa shape index (κ2) is 6.99. The number of nitrogens with zero attached hydrogens (tertiary/aromatic N) is 2. The van der Waals surface area contributed by atoms with E-state index in [0.29, 0.717) is 22.9 Å². The summed E-state index contributed by atoms with van der Waals surface area (Å²) in [5, 5.41) is 11.0. The minimum Gasteiger partial charge on any atom is -0.481 e. The van der Waals surface area contributed by atoms with E-state index < -0.39 is 6.10 Å². The number of halogens is 1. The summed E-state index contributed by atoms with van der Waals surface area (Å²) < 4.78 is 23.9. The van der Waals surface area contributed by atoms with Crippen molar-refractivity contribution in [3.8, 4) is 5.75 Å². The lowest BCUT2D eigenvalue weighted by Crippen LogP contribution is -2.26. The maximum absolute atomic E-state index is 12.9. The number of nitrogens with one attached hydrogen (secondary N) is 1. The molecule has 0 aliphatic heterocycles. The van der Waals surface area contributed by atoms with Gasteiger partial charge in [0.1, 0.15) is 11.6 Å². The van der Waals surface area contributed by atoms with Crippen molar-refractivity contribution in [2.75, 3.05) is 5.75 Å². The molecule has 6 nitrogen and oxygen atoms in total. The lowest BCUT2D eigenvalue weighted by atomic mass is 10.3. The van der Waals surface area contributed by atoms with Crippen LogP contribution in [0.3, 0.4) is 0 Å². The highest BCUT2D eigenvalue weighted by atomic mass is 32.2. The first-order chi connectivity index (χ1) is 11.1. The maximum atomic E-state index is 12.9. The molecule has 1 saturated carbocycles. The Bertz CT molecular complexity index is 673. The lowest BCUT2D eigenvalue weighted by molar-refractivity contribution is -0.118. The SMILES string of the molecule is C[C@H](Oc1ccc(F)cc1)c1nnc(SCC(=O)NC2CC2)o1. The fraction of sp³-hybridized carbons (Fsp3) is 0.400. The molecule has 0 unspecified atom stereocenters. The zero-order chi connectivity index (χ0) is 16.2. The van der Waals surface area contributed by atoms with Crippen LogP contribution in [0.4, 0.5) is 4.39 Å². The first-order valence-electron chi connectivity index (χ1n) is 7.28. The third kappa shape index (κ3) is 4.69. The molecular weight excluding hydrogens is 321 g/mol. The van der Waals surface area contributed by atoms with Gasteiger partial charge in [0.2, 0.25) is 5.91 Å². The Morgan fingerprint density at radius 3 is 2.87 bits per heavy atom. The molecule has 1 atom stereocenters. The number of thioether (sulfide) groups is 1. The molecule has 1 aromatic carbocycles. The summed E-state index contributed by atoms with van der Waals surface area (Å²) in [4.78, 5) is 11.6. The van der Waals surface area contributed by atoms with E-state index >= 15 is 0 Å². The van der Waals surface area contributed by atoms with E-state index in [1.807, 2.05) is 0 Å². The van der Waals surface area contributed by atoms with Crippen LogP contribution in [0.1, 0.15) is 31.8 Å². The van der Waals surface area contributed by atoms with Crippen LogP contribution in [0.25, 0.3) is 0 Å². The summed E-state index contributed by atoms with van der Waals surface area (Å²) >= 11 is 1.19. The highest BCUT2D eigenvalue weighted by Crippen LogP contribution is 2.24. The molecule has 2 aromatic rings. The van der Waals surface area contributed by atoms with Crippen LogP contribution in [-0.2, 0) is 4.79 Å². The van der Waals surface area contributed by atoms with Crippen molar-refractivity contribution in [2.24, 2.45) is 0 Å². The smallest absolute Gasteiger partial charge is 0.277 e. The summed E-state index contributed by atoms with van der Waals surface area (Å²) in [7, 11) is 0. The Morgan fingerprint density at radius 1 is 1.43 bits per heavy atom. The summed E-state index contributed by atoms with van der Waals surface area (Å²) in [5.74, 6) is 0.694. The van der Waals surface area contributed by atoms with E-state index in [1.165, 1.54) is 36.0 Å². The van der Waals surface area contributed by atoms with Crippen molar-refractivity contribution in [1.29, 1.82) is 0 Å². The molecule has 1 amide bonds. The topological polar surface area (TPSA) is 77.2 Å². The molecule has 3 rings (SSSR count). The molecule has 0 saturated heterocycles. The number of hydrogen-bond donors (Lipinski definition) is 1. The number of amides is 1. The number of carbonyl (C=O) groups excluding carboxylic acids is 1. The summed E-state index contributed by atoms with van der Waals surface area (Å²) in [6.07, 6.45) is 1.64. The van der Waals surface area contributed by atoms with Crippen LogP contribution >= 0.6 is 11.8 Å². The van der Waals surface area contributed by atoms with Crippen LogP contribution < -0.4 is 10.1 Å². The average molecular weight is 337 g/mol. The number of ether oxygens (including phenoxy) is 1.